The fourth-order valence-electron chi connectivity index (χ4n) is 2.76. The first-order chi connectivity index (χ1) is 13.3. The van der Waals surface area contributed by atoms with Crippen LogP contribution < -0.4 is 15.5 Å². The molecule has 0 fully saturated rings. The molecule has 0 aliphatic rings. The summed E-state index contributed by atoms with van der Waals surface area (Å²) in [5.41, 5.74) is 6.14. The highest BCUT2D eigenvalue weighted by molar-refractivity contribution is 6.35. The topological polar surface area (TPSA) is 84.7 Å². The second kappa shape index (κ2) is 9.73. The van der Waals surface area contributed by atoms with Crippen molar-refractivity contribution in [2.75, 3.05) is 13.2 Å². The van der Waals surface area contributed by atoms with Crippen LogP contribution in [-0.4, -0.2) is 35.7 Å². The molecule has 0 aliphatic carbocycles. The lowest BCUT2D eigenvalue weighted by Gasteiger charge is -2.11. The largest absolute Gasteiger partial charge is 0.494 e. The van der Waals surface area contributed by atoms with Crippen LogP contribution in [0.3, 0.4) is 0 Å². The van der Waals surface area contributed by atoms with Gasteiger partial charge in [-0.05, 0) is 57.0 Å². The maximum atomic E-state index is 11.8. The number of hydrazone groups is 1. The van der Waals surface area contributed by atoms with Gasteiger partial charge in [-0.15, -0.1) is 0 Å². The van der Waals surface area contributed by atoms with Crippen molar-refractivity contribution in [2.24, 2.45) is 11.0 Å². The smallest absolute Gasteiger partial charge is 0.329 e. The number of aromatic nitrogens is 1. The van der Waals surface area contributed by atoms with Gasteiger partial charge in [0.25, 0.3) is 0 Å². The van der Waals surface area contributed by atoms with Crippen molar-refractivity contribution >= 4 is 18.0 Å². The Bertz CT molecular complexity index is 851. The van der Waals surface area contributed by atoms with E-state index in [1.807, 2.05) is 65.0 Å². The van der Waals surface area contributed by atoms with E-state index in [4.69, 9.17) is 4.74 Å². The van der Waals surface area contributed by atoms with Crippen LogP contribution in [0.15, 0.2) is 35.4 Å². The van der Waals surface area contributed by atoms with Crippen molar-refractivity contribution in [1.82, 2.24) is 15.3 Å². The van der Waals surface area contributed by atoms with Crippen molar-refractivity contribution in [2.45, 2.75) is 34.6 Å². The quantitative estimate of drug-likeness (QED) is 0.437. The maximum absolute atomic E-state index is 11.8. The van der Waals surface area contributed by atoms with E-state index in [0.29, 0.717) is 13.2 Å². The number of amides is 2. The summed E-state index contributed by atoms with van der Waals surface area (Å²) in [6.07, 6.45) is 1.54. The van der Waals surface area contributed by atoms with Gasteiger partial charge in [0.15, 0.2) is 0 Å². The van der Waals surface area contributed by atoms with Gasteiger partial charge in [-0.25, -0.2) is 5.43 Å². The molecule has 150 valence electrons. The third-order valence-electron chi connectivity index (χ3n) is 4.12. The minimum Gasteiger partial charge on any atom is -0.494 e. The van der Waals surface area contributed by atoms with E-state index in [0.717, 1.165) is 28.4 Å². The summed E-state index contributed by atoms with van der Waals surface area (Å²) in [6.45, 7) is 10.9. The molecule has 7 heteroatoms. The van der Waals surface area contributed by atoms with E-state index in [1.54, 1.807) is 6.21 Å². The molecule has 0 atom stereocenters. The number of ether oxygens (including phenoxy) is 1. The SMILES string of the molecule is CCOc1ccc(-n2c(C)cc(/C=N\NC(=O)C(=O)NCC(C)C)c2C)cc1. The van der Waals surface area contributed by atoms with Gasteiger partial charge in [-0.1, -0.05) is 13.8 Å². The van der Waals surface area contributed by atoms with Crippen molar-refractivity contribution < 1.29 is 14.3 Å². The summed E-state index contributed by atoms with van der Waals surface area (Å²) in [6, 6.07) is 9.82. The third-order valence-corrected chi connectivity index (χ3v) is 4.12. The van der Waals surface area contributed by atoms with Gasteiger partial charge in [0, 0.05) is 29.2 Å². The minimum absolute atomic E-state index is 0.272. The van der Waals surface area contributed by atoms with E-state index in [1.165, 1.54) is 0 Å². The van der Waals surface area contributed by atoms with Gasteiger partial charge in [0.1, 0.15) is 5.75 Å². The molecule has 2 rings (SSSR count). The predicted molar refractivity (Wildman–Crippen MR) is 110 cm³/mol. The molecular weight excluding hydrogens is 356 g/mol. The molecule has 0 unspecified atom stereocenters. The van der Waals surface area contributed by atoms with Crippen molar-refractivity contribution in [1.29, 1.82) is 0 Å². The maximum Gasteiger partial charge on any atom is 0.329 e. The number of nitrogens with zero attached hydrogens (tertiary/aromatic N) is 2. The molecule has 0 radical (unpaired) electrons. The fourth-order valence-corrected chi connectivity index (χ4v) is 2.76. The van der Waals surface area contributed by atoms with Gasteiger partial charge in [-0.3, -0.25) is 9.59 Å². The second-order valence-electron chi connectivity index (χ2n) is 6.89. The molecule has 0 bridgehead atoms. The molecule has 2 N–H and O–H groups in total. The molecule has 0 aliphatic heterocycles. The first kappa shape index (κ1) is 21.2. The van der Waals surface area contributed by atoms with Crippen LogP contribution in [0.4, 0.5) is 0 Å². The van der Waals surface area contributed by atoms with Crippen LogP contribution >= 0.6 is 0 Å². The Kier molecular flexibility index (Phi) is 7.37. The number of rotatable bonds is 7. The van der Waals surface area contributed by atoms with Crippen molar-refractivity contribution in [3.63, 3.8) is 0 Å². The third kappa shape index (κ3) is 5.45. The Hall–Kier alpha value is -3.09. The van der Waals surface area contributed by atoms with E-state index in [2.05, 4.69) is 20.4 Å². The number of benzene rings is 1. The number of aryl methyl sites for hydroxylation is 1. The lowest BCUT2D eigenvalue weighted by molar-refractivity contribution is -0.139. The summed E-state index contributed by atoms with van der Waals surface area (Å²) in [5.74, 6) is -0.370. The molecule has 1 aromatic carbocycles. The van der Waals surface area contributed by atoms with Crippen LogP contribution in [0.5, 0.6) is 5.75 Å². The molecular formula is C21H28N4O3. The minimum atomic E-state index is -0.780. The first-order valence-corrected chi connectivity index (χ1v) is 9.36. The number of hydrogen-bond donors (Lipinski definition) is 2. The van der Waals surface area contributed by atoms with Crippen molar-refractivity contribution in [3.8, 4) is 11.4 Å². The highest BCUT2D eigenvalue weighted by Gasteiger charge is 2.13. The van der Waals surface area contributed by atoms with Crippen LogP contribution in [-0.2, 0) is 9.59 Å². The zero-order chi connectivity index (χ0) is 20.7. The summed E-state index contributed by atoms with van der Waals surface area (Å²) in [7, 11) is 0. The van der Waals surface area contributed by atoms with E-state index < -0.39 is 11.8 Å². The van der Waals surface area contributed by atoms with Gasteiger partial charge in [0.05, 0.1) is 12.8 Å². The summed E-state index contributed by atoms with van der Waals surface area (Å²) in [4.78, 5) is 23.4. The Morgan fingerprint density at radius 1 is 1.18 bits per heavy atom. The second-order valence-corrected chi connectivity index (χ2v) is 6.89. The highest BCUT2D eigenvalue weighted by Crippen LogP contribution is 2.22. The molecule has 7 nitrogen and oxygen atoms in total. The fraction of sp³-hybridized carbons (Fsp3) is 0.381. The summed E-state index contributed by atoms with van der Waals surface area (Å²) in [5, 5.41) is 6.47. The molecule has 0 spiro atoms. The Labute approximate surface area is 165 Å². The van der Waals surface area contributed by atoms with Gasteiger partial charge in [-0.2, -0.15) is 5.10 Å². The molecule has 2 amide bonds. The summed E-state index contributed by atoms with van der Waals surface area (Å²) < 4.78 is 7.58. The van der Waals surface area contributed by atoms with Gasteiger partial charge >= 0.3 is 11.8 Å². The Morgan fingerprint density at radius 2 is 1.86 bits per heavy atom. The summed E-state index contributed by atoms with van der Waals surface area (Å²) >= 11 is 0. The van der Waals surface area contributed by atoms with E-state index in [-0.39, 0.29) is 5.92 Å². The van der Waals surface area contributed by atoms with Crippen molar-refractivity contribution in [3.05, 3.63) is 47.3 Å². The molecule has 1 aromatic heterocycles. The highest BCUT2D eigenvalue weighted by atomic mass is 16.5. The molecule has 1 heterocycles. The Balaban J connectivity index is 2.07. The number of carbonyl (C=O) groups excluding carboxylic acids is 2. The molecule has 0 saturated carbocycles. The lowest BCUT2D eigenvalue weighted by atomic mass is 10.2. The number of hydrogen-bond acceptors (Lipinski definition) is 4. The van der Waals surface area contributed by atoms with Gasteiger partial charge in [0.2, 0.25) is 0 Å². The Morgan fingerprint density at radius 3 is 2.46 bits per heavy atom. The molecule has 28 heavy (non-hydrogen) atoms. The zero-order valence-corrected chi connectivity index (χ0v) is 17.1. The van der Waals surface area contributed by atoms with Gasteiger partial charge < -0.3 is 14.6 Å². The van der Waals surface area contributed by atoms with E-state index in [9.17, 15) is 9.59 Å². The average Bonchev–Trinajstić information content (AvgIpc) is 2.94. The predicted octanol–water partition coefficient (Wildman–Crippen LogP) is 2.72. The zero-order valence-electron chi connectivity index (χ0n) is 17.1. The van der Waals surface area contributed by atoms with Crippen LogP contribution in [0, 0.1) is 19.8 Å². The van der Waals surface area contributed by atoms with Crippen LogP contribution in [0.25, 0.3) is 5.69 Å². The molecule has 2 aromatic rings. The van der Waals surface area contributed by atoms with Crippen LogP contribution in [0.1, 0.15) is 37.7 Å². The first-order valence-electron chi connectivity index (χ1n) is 9.36. The monoisotopic (exact) mass is 384 g/mol. The molecule has 0 saturated heterocycles. The normalized spacial score (nSPS) is 11.1. The van der Waals surface area contributed by atoms with E-state index >= 15 is 0 Å². The van der Waals surface area contributed by atoms with Crippen LogP contribution in [0.2, 0.25) is 0 Å². The standard InChI is InChI=1S/C21H28N4O3/c1-6-28-19-9-7-18(8-10-19)25-15(4)11-17(16(25)5)13-23-24-21(27)20(26)22-12-14(2)3/h7-11,13-14H,6,12H2,1-5H3,(H,22,26)(H,24,27)/b23-13-. The average molecular weight is 384 g/mol. The number of nitrogens with one attached hydrogen (secondary N) is 2. The lowest BCUT2D eigenvalue weighted by Crippen LogP contribution is -2.39. The number of carbonyl (C=O) groups is 2.